The molecule has 0 spiro atoms. The summed E-state index contributed by atoms with van der Waals surface area (Å²) in [6.45, 7) is 2.31. The maximum atomic E-state index is 12.2. The smallest absolute Gasteiger partial charge is 0.220 e. The highest BCUT2D eigenvalue weighted by Crippen LogP contribution is 2.26. The summed E-state index contributed by atoms with van der Waals surface area (Å²) >= 11 is 6.06. The van der Waals surface area contributed by atoms with Gasteiger partial charge in [-0.2, -0.15) is 0 Å². The van der Waals surface area contributed by atoms with Crippen molar-refractivity contribution in [2.75, 3.05) is 20.8 Å². The van der Waals surface area contributed by atoms with Gasteiger partial charge in [-0.3, -0.25) is 4.79 Å². The quantitative estimate of drug-likeness (QED) is 0.774. The minimum Gasteiger partial charge on any atom is -0.497 e. The highest BCUT2D eigenvalue weighted by molar-refractivity contribution is 6.30. The van der Waals surface area contributed by atoms with E-state index in [0.29, 0.717) is 24.4 Å². The molecule has 0 fully saturated rings. The number of aryl methyl sites for hydroxylation is 1. The number of methoxy groups -OCH3 is 2. The van der Waals surface area contributed by atoms with Crippen LogP contribution < -0.4 is 10.1 Å². The zero-order valence-corrected chi connectivity index (χ0v) is 15.6. The number of halogens is 1. The lowest BCUT2D eigenvalue weighted by molar-refractivity contribution is -0.122. The predicted octanol–water partition coefficient (Wildman–Crippen LogP) is 3.96. The Hall–Kier alpha value is -2.04. The lowest BCUT2D eigenvalue weighted by Crippen LogP contribution is -2.40. The number of nitrogens with one attached hydrogen (secondary N) is 1. The van der Waals surface area contributed by atoms with Crippen LogP contribution in [0, 0.1) is 0 Å². The summed E-state index contributed by atoms with van der Waals surface area (Å²) in [6.07, 6.45) is 1.10. The molecular formula is C20H24ClNO3. The third kappa shape index (κ3) is 5.48. The Labute approximate surface area is 154 Å². The first-order valence-corrected chi connectivity index (χ1v) is 8.55. The van der Waals surface area contributed by atoms with Gasteiger partial charge in [0.05, 0.1) is 13.7 Å². The molecule has 0 heterocycles. The Kier molecular flexibility index (Phi) is 6.85. The molecule has 0 saturated carbocycles. The number of hydrogen-bond acceptors (Lipinski definition) is 3. The SMILES string of the molecule is COc1ccc(CCC(=O)NC[C@@](C)(OC)c2cccc(Cl)c2)cc1. The van der Waals surface area contributed by atoms with E-state index in [4.69, 9.17) is 21.1 Å². The molecule has 0 aromatic heterocycles. The van der Waals surface area contributed by atoms with Gasteiger partial charge in [0.2, 0.25) is 5.91 Å². The molecule has 134 valence electrons. The normalized spacial score (nSPS) is 13.1. The van der Waals surface area contributed by atoms with Gasteiger partial charge in [0.15, 0.2) is 0 Å². The van der Waals surface area contributed by atoms with Gasteiger partial charge in [-0.05, 0) is 48.7 Å². The summed E-state index contributed by atoms with van der Waals surface area (Å²) in [6, 6.07) is 15.2. The molecular weight excluding hydrogens is 338 g/mol. The maximum absolute atomic E-state index is 12.2. The first-order chi connectivity index (χ1) is 12.0. The van der Waals surface area contributed by atoms with Crippen molar-refractivity contribution in [1.29, 1.82) is 0 Å². The van der Waals surface area contributed by atoms with Crippen LogP contribution in [0.1, 0.15) is 24.5 Å². The molecule has 4 nitrogen and oxygen atoms in total. The Morgan fingerprint density at radius 2 is 1.88 bits per heavy atom. The molecule has 5 heteroatoms. The van der Waals surface area contributed by atoms with Crippen LogP contribution >= 0.6 is 11.6 Å². The fourth-order valence-electron chi connectivity index (χ4n) is 2.52. The highest BCUT2D eigenvalue weighted by Gasteiger charge is 2.27. The predicted molar refractivity (Wildman–Crippen MR) is 100 cm³/mol. The van der Waals surface area contributed by atoms with Crippen LogP contribution in [0.5, 0.6) is 5.75 Å². The Balaban J connectivity index is 1.88. The van der Waals surface area contributed by atoms with E-state index in [1.807, 2.05) is 55.5 Å². The molecule has 0 aliphatic heterocycles. The minimum absolute atomic E-state index is 0.0129. The summed E-state index contributed by atoms with van der Waals surface area (Å²) in [5, 5.41) is 3.60. The number of benzene rings is 2. The van der Waals surface area contributed by atoms with Crippen molar-refractivity contribution < 1.29 is 14.3 Å². The van der Waals surface area contributed by atoms with Gasteiger partial charge in [0, 0.05) is 18.6 Å². The Morgan fingerprint density at radius 3 is 2.48 bits per heavy atom. The van der Waals surface area contributed by atoms with E-state index in [1.165, 1.54) is 0 Å². The standard InChI is InChI=1S/C20H24ClNO3/c1-20(25-3,16-5-4-6-17(21)13-16)14-22-19(23)12-9-15-7-10-18(24-2)11-8-15/h4-8,10-11,13H,9,12,14H2,1-3H3,(H,22,23)/t20-/m1/s1. The maximum Gasteiger partial charge on any atom is 0.220 e. The molecule has 25 heavy (non-hydrogen) atoms. The van der Waals surface area contributed by atoms with E-state index >= 15 is 0 Å². The fourth-order valence-corrected chi connectivity index (χ4v) is 2.71. The van der Waals surface area contributed by atoms with E-state index in [-0.39, 0.29) is 5.91 Å². The molecule has 0 bridgehead atoms. The van der Waals surface area contributed by atoms with Gasteiger partial charge in [-0.1, -0.05) is 35.9 Å². The Bertz CT molecular complexity index is 702. The van der Waals surface area contributed by atoms with Crippen molar-refractivity contribution in [3.05, 3.63) is 64.7 Å². The summed E-state index contributed by atoms with van der Waals surface area (Å²) in [7, 11) is 3.26. The van der Waals surface area contributed by atoms with Crippen LogP contribution in [-0.2, 0) is 21.6 Å². The largest absolute Gasteiger partial charge is 0.497 e. The topological polar surface area (TPSA) is 47.6 Å². The van der Waals surface area contributed by atoms with Crippen LogP contribution in [0.4, 0.5) is 0 Å². The van der Waals surface area contributed by atoms with Gasteiger partial charge in [-0.15, -0.1) is 0 Å². The zero-order valence-electron chi connectivity index (χ0n) is 14.8. The molecule has 0 unspecified atom stereocenters. The molecule has 1 amide bonds. The van der Waals surface area contributed by atoms with Crippen LogP contribution in [0.2, 0.25) is 5.02 Å². The molecule has 0 aliphatic rings. The second-order valence-corrected chi connectivity index (χ2v) is 6.51. The molecule has 0 saturated heterocycles. The van der Waals surface area contributed by atoms with E-state index in [0.717, 1.165) is 16.9 Å². The average molecular weight is 362 g/mol. The van der Waals surface area contributed by atoms with Gasteiger partial charge in [0.1, 0.15) is 11.4 Å². The number of carbonyl (C=O) groups excluding carboxylic acids is 1. The first-order valence-electron chi connectivity index (χ1n) is 8.17. The number of rotatable bonds is 8. The Morgan fingerprint density at radius 1 is 1.16 bits per heavy atom. The van der Waals surface area contributed by atoms with Crippen LogP contribution in [0.3, 0.4) is 0 Å². The number of carbonyl (C=O) groups is 1. The van der Waals surface area contributed by atoms with Gasteiger partial charge >= 0.3 is 0 Å². The van der Waals surface area contributed by atoms with Gasteiger partial charge < -0.3 is 14.8 Å². The zero-order chi connectivity index (χ0) is 18.3. The van der Waals surface area contributed by atoms with E-state index in [1.54, 1.807) is 14.2 Å². The van der Waals surface area contributed by atoms with E-state index < -0.39 is 5.60 Å². The van der Waals surface area contributed by atoms with Crippen LogP contribution in [0.25, 0.3) is 0 Å². The third-order valence-electron chi connectivity index (χ3n) is 4.31. The monoisotopic (exact) mass is 361 g/mol. The summed E-state index contributed by atoms with van der Waals surface area (Å²) < 4.78 is 10.8. The van der Waals surface area contributed by atoms with E-state index in [9.17, 15) is 4.79 Å². The molecule has 2 aromatic rings. The molecule has 1 N–H and O–H groups in total. The number of amides is 1. The second-order valence-electron chi connectivity index (χ2n) is 6.07. The molecule has 1 atom stereocenters. The van der Waals surface area contributed by atoms with Crippen molar-refractivity contribution in [1.82, 2.24) is 5.32 Å². The number of ether oxygens (including phenoxy) is 2. The molecule has 2 aromatic carbocycles. The summed E-state index contributed by atoms with van der Waals surface area (Å²) in [5.74, 6) is 0.798. The lowest BCUT2D eigenvalue weighted by Gasteiger charge is -2.29. The summed E-state index contributed by atoms with van der Waals surface area (Å²) in [5.41, 5.74) is 1.40. The van der Waals surface area contributed by atoms with Crippen LogP contribution in [0.15, 0.2) is 48.5 Å². The van der Waals surface area contributed by atoms with Crippen molar-refractivity contribution in [3.8, 4) is 5.75 Å². The molecule has 2 rings (SSSR count). The third-order valence-corrected chi connectivity index (χ3v) is 4.54. The molecule has 0 radical (unpaired) electrons. The minimum atomic E-state index is -0.624. The van der Waals surface area contributed by atoms with Gasteiger partial charge in [-0.25, -0.2) is 0 Å². The van der Waals surface area contributed by atoms with Crippen LogP contribution in [-0.4, -0.2) is 26.7 Å². The lowest BCUT2D eigenvalue weighted by atomic mass is 9.95. The van der Waals surface area contributed by atoms with Crippen molar-refractivity contribution >= 4 is 17.5 Å². The van der Waals surface area contributed by atoms with Crippen molar-refractivity contribution in [2.24, 2.45) is 0 Å². The second kappa shape index (κ2) is 8.88. The number of hydrogen-bond donors (Lipinski definition) is 1. The van der Waals surface area contributed by atoms with E-state index in [2.05, 4.69) is 5.32 Å². The van der Waals surface area contributed by atoms with Gasteiger partial charge in [0.25, 0.3) is 0 Å². The molecule has 0 aliphatic carbocycles. The summed E-state index contributed by atoms with van der Waals surface area (Å²) in [4.78, 5) is 12.2. The average Bonchev–Trinajstić information content (AvgIpc) is 2.64. The van der Waals surface area contributed by atoms with Crippen molar-refractivity contribution in [2.45, 2.75) is 25.4 Å². The first kappa shape index (κ1) is 19.3. The van der Waals surface area contributed by atoms with Crippen molar-refractivity contribution in [3.63, 3.8) is 0 Å². The fraction of sp³-hybridized carbons (Fsp3) is 0.350. The highest BCUT2D eigenvalue weighted by atomic mass is 35.5.